The minimum atomic E-state index is -0.461. The molecule has 1 saturated heterocycles. The van der Waals surface area contributed by atoms with Gasteiger partial charge in [0.05, 0.1) is 16.2 Å². The quantitative estimate of drug-likeness (QED) is 0.595. The second kappa shape index (κ2) is 8.13. The van der Waals surface area contributed by atoms with E-state index < -0.39 is 5.97 Å². The summed E-state index contributed by atoms with van der Waals surface area (Å²) in [4.78, 5) is 11.8. The molecule has 0 saturated carbocycles. The smallest absolute Gasteiger partial charge is 0.349 e. The van der Waals surface area contributed by atoms with Crippen molar-refractivity contribution in [3.8, 4) is 17.6 Å². The molecule has 0 amide bonds. The van der Waals surface area contributed by atoms with E-state index in [1.54, 1.807) is 24.3 Å². The van der Waals surface area contributed by atoms with Crippen LogP contribution < -0.4 is 9.47 Å². The number of thioether (sulfide) groups is 2. The first-order valence-corrected chi connectivity index (χ1v) is 9.51. The molecule has 2 aromatic rings. The first-order chi connectivity index (χ1) is 11.7. The van der Waals surface area contributed by atoms with Crippen LogP contribution in [0.3, 0.4) is 0 Å². The van der Waals surface area contributed by atoms with Crippen LogP contribution >= 0.6 is 23.5 Å². The van der Waals surface area contributed by atoms with Crippen molar-refractivity contribution in [2.24, 2.45) is 0 Å². The minimum absolute atomic E-state index is 0.179. The van der Waals surface area contributed by atoms with Crippen LogP contribution in [0.25, 0.3) is 0 Å². The molecule has 2 aromatic carbocycles. The molecule has 0 atom stereocenters. The highest BCUT2D eigenvalue weighted by atomic mass is 32.2. The van der Waals surface area contributed by atoms with Crippen LogP contribution in [0.5, 0.6) is 11.5 Å². The van der Waals surface area contributed by atoms with E-state index in [0.29, 0.717) is 21.6 Å². The van der Waals surface area contributed by atoms with Crippen molar-refractivity contribution in [1.29, 1.82) is 5.26 Å². The Kier molecular flexibility index (Phi) is 5.68. The largest absolute Gasteiger partial charge is 0.482 e. The van der Waals surface area contributed by atoms with Gasteiger partial charge in [0.15, 0.2) is 6.61 Å². The first-order valence-electron chi connectivity index (χ1n) is 7.41. The average molecular weight is 357 g/mol. The molecule has 0 aliphatic carbocycles. The summed E-state index contributed by atoms with van der Waals surface area (Å²) >= 11 is 3.88. The lowest BCUT2D eigenvalue weighted by Gasteiger charge is -2.10. The van der Waals surface area contributed by atoms with Gasteiger partial charge in [0.25, 0.3) is 0 Å². The van der Waals surface area contributed by atoms with Crippen LogP contribution in [0.4, 0.5) is 0 Å². The zero-order valence-corrected chi connectivity index (χ0v) is 14.4. The molecule has 6 heteroatoms. The molecular weight excluding hydrogens is 342 g/mol. The number of benzene rings is 2. The summed E-state index contributed by atoms with van der Waals surface area (Å²) in [5, 5.41) is 8.73. The van der Waals surface area contributed by atoms with Crippen molar-refractivity contribution in [3.05, 3.63) is 59.7 Å². The number of hydrogen-bond donors (Lipinski definition) is 0. The van der Waals surface area contributed by atoms with Gasteiger partial charge in [0.2, 0.25) is 0 Å². The molecular formula is C18H15NO3S2. The van der Waals surface area contributed by atoms with Crippen molar-refractivity contribution in [3.63, 3.8) is 0 Å². The summed E-state index contributed by atoms with van der Waals surface area (Å²) in [6.07, 6.45) is 0. The Morgan fingerprint density at radius 2 is 1.67 bits per heavy atom. The molecule has 24 heavy (non-hydrogen) atoms. The van der Waals surface area contributed by atoms with Crippen LogP contribution in [-0.2, 0) is 4.79 Å². The molecule has 3 rings (SSSR count). The summed E-state index contributed by atoms with van der Waals surface area (Å²) in [6, 6.07) is 16.2. The predicted molar refractivity (Wildman–Crippen MR) is 96.4 cm³/mol. The summed E-state index contributed by atoms with van der Waals surface area (Å²) in [5.41, 5.74) is 1.79. The summed E-state index contributed by atoms with van der Waals surface area (Å²) < 4.78 is 11.1. The molecule has 1 aliphatic heterocycles. The molecule has 1 aliphatic rings. The van der Waals surface area contributed by atoms with Crippen molar-refractivity contribution in [1.82, 2.24) is 0 Å². The maximum atomic E-state index is 11.8. The fourth-order valence-electron chi connectivity index (χ4n) is 2.17. The zero-order valence-electron chi connectivity index (χ0n) is 12.8. The lowest BCUT2D eigenvalue weighted by Crippen LogP contribution is -2.17. The normalized spacial score (nSPS) is 14.1. The highest BCUT2D eigenvalue weighted by Gasteiger charge is 2.18. The van der Waals surface area contributed by atoms with Gasteiger partial charge in [-0.05, 0) is 42.0 Å². The number of carbonyl (C=O) groups is 1. The first kappa shape index (κ1) is 16.7. The Bertz CT molecular complexity index is 732. The lowest BCUT2D eigenvalue weighted by molar-refractivity contribution is -0.136. The van der Waals surface area contributed by atoms with Gasteiger partial charge in [-0.3, -0.25) is 0 Å². The zero-order chi connectivity index (χ0) is 16.8. The number of nitriles is 1. The molecule has 0 unspecified atom stereocenters. The van der Waals surface area contributed by atoms with E-state index in [9.17, 15) is 4.79 Å². The molecule has 0 N–H and O–H groups in total. The number of carbonyl (C=O) groups excluding carboxylic acids is 1. The Hall–Kier alpha value is -2.10. The molecule has 1 fully saturated rings. The number of ether oxygens (including phenoxy) is 2. The molecule has 1 heterocycles. The summed E-state index contributed by atoms with van der Waals surface area (Å²) in [6.45, 7) is -0.179. The lowest BCUT2D eigenvalue weighted by atomic mass is 10.2. The van der Waals surface area contributed by atoms with Gasteiger partial charge in [-0.1, -0.05) is 12.1 Å². The summed E-state index contributed by atoms with van der Waals surface area (Å²) in [5.74, 6) is 2.94. The molecule has 0 aromatic heterocycles. The SMILES string of the molecule is N#Cc1ccc(OCC(=O)Oc2ccc(C3SCCS3)cc2)cc1. The maximum Gasteiger partial charge on any atom is 0.349 e. The van der Waals surface area contributed by atoms with Gasteiger partial charge in [0.1, 0.15) is 11.5 Å². The van der Waals surface area contributed by atoms with E-state index in [2.05, 4.69) is 0 Å². The van der Waals surface area contributed by atoms with Crippen molar-refractivity contribution in [2.75, 3.05) is 18.1 Å². The number of rotatable bonds is 5. The highest BCUT2D eigenvalue weighted by molar-refractivity contribution is 8.19. The van der Waals surface area contributed by atoms with Crippen molar-refractivity contribution >= 4 is 29.5 Å². The highest BCUT2D eigenvalue weighted by Crippen LogP contribution is 2.45. The second-order valence-electron chi connectivity index (χ2n) is 5.04. The molecule has 0 bridgehead atoms. The van der Waals surface area contributed by atoms with E-state index >= 15 is 0 Å². The van der Waals surface area contributed by atoms with Gasteiger partial charge >= 0.3 is 5.97 Å². The predicted octanol–water partition coefficient (Wildman–Crippen LogP) is 4.02. The third-order valence-electron chi connectivity index (χ3n) is 3.35. The second-order valence-corrected chi connectivity index (χ2v) is 7.77. The van der Waals surface area contributed by atoms with Gasteiger partial charge in [0, 0.05) is 11.5 Å². The van der Waals surface area contributed by atoms with Crippen LogP contribution in [0.1, 0.15) is 15.7 Å². The number of esters is 1. The van der Waals surface area contributed by atoms with Gasteiger partial charge in [-0.15, -0.1) is 23.5 Å². The minimum Gasteiger partial charge on any atom is -0.482 e. The Balaban J connectivity index is 1.49. The standard InChI is InChI=1S/C18H15NO3S2/c19-11-13-1-5-15(6-2-13)21-12-17(20)22-16-7-3-14(4-8-16)18-23-9-10-24-18/h1-8,18H,9-10,12H2. The van der Waals surface area contributed by atoms with Crippen LogP contribution in [0.2, 0.25) is 0 Å². The van der Waals surface area contributed by atoms with Crippen LogP contribution in [0.15, 0.2) is 48.5 Å². The van der Waals surface area contributed by atoms with Crippen LogP contribution in [-0.4, -0.2) is 24.1 Å². The van der Waals surface area contributed by atoms with E-state index in [1.165, 1.54) is 17.1 Å². The van der Waals surface area contributed by atoms with Gasteiger partial charge in [-0.2, -0.15) is 5.26 Å². The van der Waals surface area contributed by atoms with Crippen molar-refractivity contribution in [2.45, 2.75) is 4.58 Å². The fourth-order valence-corrected chi connectivity index (χ4v) is 5.03. The third kappa shape index (κ3) is 4.47. The monoisotopic (exact) mass is 357 g/mol. The number of hydrogen-bond acceptors (Lipinski definition) is 6. The Morgan fingerprint density at radius 3 is 2.29 bits per heavy atom. The van der Waals surface area contributed by atoms with Gasteiger partial charge in [-0.25, -0.2) is 4.79 Å². The third-order valence-corrected chi connectivity index (χ3v) is 6.45. The fraction of sp³-hybridized carbons (Fsp3) is 0.222. The molecule has 0 radical (unpaired) electrons. The summed E-state index contributed by atoms with van der Waals surface area (Å²) in [7, 11) is 0. The van der Waals surface area contributed by atoms with E-state index in [-0.39, 0.29) is 6.61 Å². The van der Waals surface area contributed by atoms with Gasteiger partial charge < -0.3 is 9.47 Å². The van der Waals surface area contributed by atoms with Crippen molar-refractivity contribution < 1.29 is 14.3 Å². The molecule has 122 valence electrons. The Morgan fingerprint density at radius 1 is 1.04 bits per heavy atom. The maximum absolute atomic E-state index is 11.8. The van der Waals surface area contributed by atoms with E-state index in [0.717, 1.165) is 0 Å². The van der Waals surface area contributed by atoms with E-state index in [4.69, 9.17) is 14.7 Å². The number of nitrogens with zero attached hydrogens (tertiary/aromatic N) is 1. The average Bonchev–Trinajstić information content (AvgIpc) is 3.16. The molecule has 4 nitrogen and oxygen atoms in total. The molecule has 0 spiro atoms. The van der Waals surface area contributed by atoms with Crippen LogP contribution in [0, 0.1) is 11.3 Å². The van der Waals surface area contributed by atoms with E-state index in [1.807, 2.05) is 53.9 Å². The topological polar surface area (TPSA) is 59.3 Å². The Labute approximate surface area is 149 Å².